The van der Waals surface area contributed by atoms with E-state index in [1.807, 2.05) is 6.92 Å². The van der Waals surface area contributed by atoms with Gasteiger partial charge in [-0.1, -0.05) is 0 Å². The van der Waals surface area contributed by atoms with Crippen molar-refractivity contribution in [3.05, 3.63) is 6.61 Å². The van der Waals surface area contributed by atoms with Crippen molar-refractivity contribution in [3.63, 3.8) is 0 Å². The second kappa shape index (κ2) is 6.43. The molecule has 65 valence electrons. The van der Waals surface area contributed by atoms with Gasteiger partial charge >= 0.3 is 5.97 Å². The summed E-state index contributed by atoms with van der Waals surface area (Å²) in [6.07, 6.45) is 0. The van der Waals surface area contributed by atoms with Gasteiger partial charge in [-0.05, 0) is 13.8 Å². The van der Waals surface area contributed by atoms with E-state index < -0.39 is 11.3 Å². The number of hydrogen-bond donors (Lipinski definition) is 0. The van der Waals surface area contributed by atoms with Gasteiger partial charge in [0, 0.05) is 6.61 Å². The van der Waals surface area contributed by atoms with Gasteiger partial charge in [-0.15, -0.1) is 11.6 Å². The first-order valence-electron chi connectivity index (χ1n) is 3.42. The third kappa shape index (κ3) is 6.13. The zero-order chi connectivity index (χ0) is 8.69. The Labute approximate surface area is 71.6 Å². The summed E-state index contributed by atoms with van der Waals surface area (Å²) in [5.74, 6) is -0.452. The van der Waals surface area contributed by atoms with Crippen LogP contribution in [-0.4, -0.2) is 24.6 Å². The highest BCUT2D eigenvalue weighted by atomic mass is 35.5. The fourth-order valence-electron chi connectivity index (χ4n) is 0.376. The predicted molar refractivity (Wildman–Crippen MR) is 42.2 cm³/mol. The van der Waals surface area contributed by atoms with Gasteiger partial charge in [0.1, 0.15) is 5.38 Å². The molecule has 0 saturated heterocycles. The summed E-state index contributed by atoms with van der Waals surface area (Å²) in [6, 6.07) is 0. The SMILES string of the molecule is CCOC[CH]OC(=O)C(C)Cl. The lowest BCUT2D eigenvalue weighted by molar-refractivity contribution is -0.140. The highest BCUT2D eigenvalue weighted by molar-refractivity contribution is 6.29. The van der Waals surface area contributed by atoms with Crippen molar-refractivity contribution in [2.45, 2.75) is 19.2 Å². The normalized spacial score (nSPS) is 12.6. The lowest BCUT2D eigenvalue weighted by Gasteiger charge is -2.04. The minimum atomic E-state index is -0.604. The molecule has 0 aliphatic carbocycles. The highest BCUT2D eigenvalue weighted by Gasteiger charge is 2.09. The van der Waals surface area contributed by atoms with Crippen LogP contribution < -0.4 is 0 Å². The van der Waals surface area contributed by atoms with E-state index in [9.17, 15) is 4.79 Å². The summed E-state index contributed by atoms with van der Waals surface area (Å²) in [6.45, 7) is 5.62. The monoisotopic (exact) mass is 179 g/mol. The van der Waals surface area contributed by atoms with Crippen molar-refractivity contribution in [1.82, 2.24) is 0 Å². The molecule has 11 heavy (non-hydrogen) atoms. The Bertz CT molecular complexity index is 114. The Morgan fingerprint density at radius 1 is 1.73 bits per heavy atom. The molecule has 1 radical (unpaired) electrons. The van der Waals surface area contributed by atoms with E-state index in [0.717, 1.165) is 0 Å². The predicted octanol–water partition coefficient (Wildman–Crippen LogP) is 1.36. The molecule has 0 fully saturated rings. The molecule has 0 heterocycles. The Morgan fingerprint density at radius 3 is 2.82 bits per heavy atom. The average molecular weight is 180 g/mol. The van der Waals surface area contributed by atoms with Crippen LogP contribution in [0.15, 0.2) is 0 Å². The van der Waals surface area contributed by atoms with Crippen LogP contribution in [-0.2, 0) is 14.3 Å². The molecule has 3 nitrogen and oxygen atoms in total. The molecular formula is C7H12ClO3. The molecule has 0 N–H and O–H groups in total. The average Bonchev–Trinajstić information content (AvgIpc) is 1.97. The van der Waals surface area contributed by atoms with Crippen LogP contribution in [0.25, 0.3) is 0 Å². The van der Waals surface area contributed by atoms with Gasteiger partial charge in [0.05, 0.1) is 6.61 Å². The molecule has 0 rings (SSSR count). The molecule has 0 saturated carbocycles. The zero-order valence-corrected chi connectivity index (χ0v) is 7.43. The minimum absolute atomic E-state index is 0.311. The van der Waals surface area contributed by atoms with Gasteiger partial charge in [-0.3, -0.25) is 4.79 Å². The maximum Gasteiger partial charge on any atom is 0.324 e. The van der Waals surface area contributed by atoms with Crippen LogP contribution >= 0.6 is 11.6 Å². The first-order valence-corrected chi connectivity index (χ1v) is 3.86. The molecule has 0 bridgehead atoms. The fraction of sp³-hybridized carbons (Fsp3) is 0.714. The maximum atomic E-state index is 10.7. The standard InChI is InChI=1S/C7H12ClO3/c1-3-10-4-5-11-7(9)6(2)8/h5-6H,3-4H2,1-2H3. The van der Waals surface area contributed by atoms with Crippen molar-refractivity contribution in [1.29, 1.82) is 0 Å². The molecule has 1 unspecified atom stereocenters. The number of carbonyl (C=O) groups excluding carboxylic acids is 1. The molecule has 0 aliphatic heterocycles. The quantitative estimate of drug-likeness (QED) is 0.363. The Balaban J connectivity index is 3.18. The molecule has 0 amide bonds. The van der Waals surface area contributed by atoms with Gasteiger partial charge in [-0.25, -0.2) is 0 Å². The van der Waals surface area contributed by atoms with Crippen molar-refractivity contribution in [2.75, 3.05) is 13.2 Å². The summed E-state index contributed by atoms with van der Waals surface area (Å²) >= 11 is 5.41. The number of hydrogen-bond acceptors (Lipinski definition) is 3. The van der Waals surface area contributed by atoms with Crippen LogP contribution in [0.4, 0.5) is 0 Å². The van der Waals surface area contributed by atoms with Crippen LogP contribution in [0.3, 0.4) is 0 Å². The summed E-state index contributed by atoms with van der Waals surface area (Å²) in [4.78, 5) is 10.7. The van der Waals surface area contributed by atoms with E-state index in [0.29, 0.717) is 13.2 Å². The topological polar surface area (TPSA) is 35.5 Å². The van der Waals surface area contributed by atoms with Crippen LogP contribution in [0, 0.1) is 6.61 Å². The lowest BCUT2D eigenvalue weighted by Crippen LogP contribution is -2.14. The molecule has 0 aromatic carbocycles. The molecule has 0 spiro atoms. The third-order valence-corrected chi connectivity index (χ3v) is 1.09. The summed E-state index contributed by atoms with van der Waals surface area (Å²) in [7, 11) is 0. The van der Waals surface area contributed by atoms with Gasteiger partial charge in [0.2, 0.25) is 0 Å². The van der Waals surface area contributed by atoms with Crippen molar-refractivity contribution in [2.24, 2.45) is 0 Å². The molecular weight excluding hydrogens is 168 g/mol. The van der Waals surface area contributed by atoms with Crippen molar-refractivity contribution >= 4 is 17.6 Å². The van der Waals surface area contributed by atoms with Crippen molar-refractivity contribution < 1.29 is 14.3 Å². The Morgan fingerprint density at radius 2 is 2.36 bits per heavy atom. The first-order chi connectivity index (χ1) is 5.18. The van der Waals surface area contributed by atoms with Crippen molar-refractivity contribution in [3.8, 4) is 0 Å². The number of ether oxygens (including phenoxy) is 2. The number of rotatable bonds is 5. The molecule has 0 aromatic rings. The van der Waals surface area contributed by atoms with E-state index in [-0.39, 0.29) is 0 Å². The zero-order valence-electron chi connectivity index (χ0n) is 6.67. The van der Waals surface area contributed by atoms with Crippen LogP contribution in [0.1, 0.15) is 13.8 Å². The Hall–Kier alpha value is -0.280. The minimum Gasteiger partial charge on any atom is -0.455 e. The smallest absolute Gasteiger partial charge is 0.324 e. The van der Waals surface area contributed by atoms with E-state index in [1.165, 1.54) is 6.61 Å². The first kappa shape index (κ1) is 10.7. The molecule has 0 aromatic heterocycles. The number of halogens is 1. The van der Waals surface area contributed by atoms with Gasteiger partial charge < -0.3 is 9.47 Å². The van der Waals surface area contributed by atoms with E-state index in [2.05, 4.69) is 4.74 Å². The fourth-order valence-corrected chi connectivity index (χ4v) is 0.427. The summed E-state index contributed by atoms with van der Waals surface area (Å²) in [5.41, 5.74) is 0. The Kier molecular flexibility index (Phi) is 6.27. The highest BCUT2D eigenvalue weighted by Crippen LogP contribution is 1.97. The van der Waals surface area contributed by atoms with E-state index in [4.69, 9.17) is 16.3 Å². The van der Waals surface area contributed by atoms with Gasteiger partial charge in [0.25, 0.3) is 0 Å². The number of alkyl halides is 1. The van der Waals surface area contributed by atoms with E-state index >= 15 is 0 Å². The summed E-state index contributed by atoms with van der Waals surface area (Å²) < 4.78 is 9.47. The number of esters is 1. The molecule has 4 heteroatoms. The van der Waals surface area contributed by atoms with Crippen LogP contribution in [0.5, 0.6) is 0 Å². The van der Waals surface area contributed by atoms with E-state index in [1.54, 1.807) is 6.92 Å². The van der Waals surface area contributed by atoms with Crippen LogP contribution in [0.2, 0.25) is 0 Å². The molecule has 1 atom stereocenters. The van der Waals surface area contributed by atoms with Gasteiger partial charge in [-0.2, -0.15) is 0 Å². The lowest BCUT2D eigenvalue weighted by atomic mass is 10.5. The second-order valence-electron chi connectivity index (χ2n) is 1.88. The second-order valence-corrected chi connectivity index (χ2v) is 2.53. The number of carbonyl (C=O) groups is 1. The largest absolute Gasteiger partial charge is 0.455 e. The van der Waals surface area contributed by atoms with Gasteiger partial charge in [0.15, 0.2) is 6.61 Å². The third-order valence-electron chi connectivity index (χ3n) is 0.914. The summed E-state index contributed by atoms with van der Waals surface area (Å²) in [5, 5.41) is -0.604. The molecule has 0 aliphatic rings. The maximum absolute atomic E-state index is 10.7.